The van der Waals surface area contributed by atoms with E-state index in [2.05, 4.69) is 45.0 Å². The number of morpholine rings is 1. The average molecular weight is 344 g/mol. The average Bonchev–Trinajstić information content (AvgIpc) is 3.06. The van der Waals surface area contributed by atoms with Crippen LogP contribution in [0.4, 0.5) is 10.5 Å². The molecule has 2 amide bonds. The van der Waals surface area contributed by atoms with E-state index in [0.29, 0.717) is 12.2 Å². The summed E-state index contributed by atoms with van der Waals surface area (Å²) in [6.45, 7) is 7.48. The van der Waals surface area contributed by atoms with E-state index in [9.17, 15) is 4.79 Å². The molecule has 2 heterocycles. The minimum absolute atomic E-state index is 0.0854. The highest BCUT2D eigenvalue weighted by atomic mass is 16.5. The van der Waals surface area contributed by atoms with Crippen molar-refractivity contribution >= 4 is 11.7 Å². The molecule has 2 aromatic rings. The van der Waals surface area contributed by atoms with Gasteiger partial charge in [0.25, 0.3) is 0 Å². The number of aryl methyl sites for hydroxylation is 1. The predicted molar refractivity (Wildman–Crippen MR) is 94.5 cm³/mol. The lowest BCUT2D eigenvalue weighted by Crippen LogP contribution is -2.37. The Kier molecular flexibility index (Phi) is 5.55. The number of hydrogen-bond acceptors (Lipinski definition) is 5. The molecule has 1 saturated heterocycles. The highest BCUT2D eigenvalue weighted by molar-refractivity contribution is 5.74. The summed E-state index contributed by atoms with van der Waals surface area (Å²) < 4.78 is 10.4. The summed E-state index contributed by atoms with van der Waals surface area (Å²) in [5.41, 5.74) is 2.95. The lowest BCUT2D eigenvalue weighted by molar-refractivity contribution is 0.122. The third-order valence-corrected chi connectivity index (χ3v) is 4.22. The van der Waals surface area contributed by atoms with E-state index in [1.165, 1.54) is 5.69 Å². The second-order valence-corrected chi connectivity index (χ2v) is 6.17. The fourth-order valence-electron chi connectivity index (χ4n) is 2.80. The molecule has 0 radical (unpaired) electrons. The number of rotatable bonds is 5. The second kappa shape index (κ2) is 8.02. The summed E-state index contributed by atoms with van der Waals surface area (Å²) in [6, 6.07) is 9.77. The summed E-state index contributed by atoms with van der Waals surface area (Å²) in [4.78, 5) is 14.3. The first kappa shape index (κ1) is 17.3. The Balaban J connectivity index is 1.50. The van der Waals surface area contributed by atoms with Crippen molar-refractivity contribution in [3.05, 3.63) is 47.3 Å². The predicted octanol–water partition coefficient (Wildman–Crippen LogP) is 2.38. The number of aromatic nitrogens is 1. The molecule has 7 nitrogen and oxygen atoms in total. The highest BCUT2D eigenvalue weighted by Gasteiger charge is 2.13. The van der Waals surface area contributed by atoms with Crippen LogP contribution >= 0.6 is 0 Å². The van der Waals surface area contributed by atoms with Gasteiger partial charge < -0.3 is 24.8 Å². The number of anilines is 1. The number of benzene rings is 1. The van der Waals surface area contributed by atoms with Crippen LogP contribution in [0.15, 0.2) is 34.9 Å². The number of carbonyl (C=O) groups is 1. The molecule has 1 aromatic heterocycles. The number of carbonyl (C=O) groups excluding carboxylic acids is 1. The number of ether oxygens (including phenoxy) is 1. The first-order chi connectivity index (χ1) is 12.1. The standard InChI is InChI=1S/C18H24N4O3/c1-13-11-16(21-25-13)12-19-18(23)20-14(2)15-3-5-17(6-4-15)22-7-9-24-10-8-22/h3-6,11,14H,7-10,12H2,1-2H3,(H2,19,20,23)/t14-/m1/s1. The zero-order chi connectivity index (χ0) is 17.6. The summed E-state index contributed by atoms with van der Waals surface area (Å²) in [5.74, 6) is 0.728. The smallest absolute Gasteiger partial charge is 0.315 e. The van der Waals surface area contributed by atoms with Crippen molar-refractivity contribution in [3.63, 3.8) is 0 Å². The lowest BCUT2D eigenvalue weighted by atomic mass is 10.1. The molecule has 1 aliphatic rings. The molecular formula is C18H24N4O3. The Hall–Kier alpha value is -2.54. The van der Waals surface area contributed by atoms with Gasteiger partial charge in [0.15, 0.2) is 0 Å². The summed E-state index contributed by atoms with van der Waals surface area (Å²) >= 11 is 0. The Morgan fingerprint density at radius 3 is 2.64 bits per heavy atom. The van der Waals surface area contributed by atoms with Crippen LogP contribution < -0.4 is 15.5 Å². The number of amides is 2. The maximum atomic E-state index is 12.0. The van der Waals surface area contributed by atoms with Gasteiger partial charge in [0.2, 0.25) is 0 Å². The summed E-state index contributed by atoms with van der Waals surface area (Å²) in [7, 11) is 0. The van der Waals surface area contributed by atoms with Gasteiger partial charge in [-0.1, -0.05) is 17.3 Å². The molecule has 0 spiro atoms. The molecule has 0 aliphatic carbocycles. The zero-order valence-electron chi connectivity index (χ0n) is 14.6. The van der Waals surface area contributed by atoms with Crippen molar-refractivity contribution < 1.29 is 14.1 Å². The Morgan fingerprint density at radius 1 is 1.28 bits per heavy atom. The maximum absolute atomic E-state index is 12.0. The molecule has 1 atom stereocenters. The molecule has 1 fully saturated rings. The van der Waals surface area contributed by atoms with Gasteiger partial charge in [-0.25, -0.2) is 4.79 Å². The van der Waals surface area contributed by atoms with Gasteiger partial charge in [0, 0.05) is 24.8 Å². The topological polar surface area (TPSA) is 79.6 Å². The van der Waals surface area contributed by atoms with Crippen molar-refractivity contribution in [1.29, 1.82) is 0 Å². The highest BCUT2D eigenvalue weighted by Crippen LogP contribution is 2.20. The Labute approximate surface area is 147 Å². The van der Waals surface area contributed by atoms with Gasteiger partial charge >= 0.3 is 6.03 Å². The number of urea groups is 1. The van der Waals surface area contributed by atoms with Crippen molar-refractivity contribution in [2.75, 3.05) is 31.2 Å². The van der Waals surface area contributed by atoms with E-state index in [0.717, 1.165) is 37.6 Å². The van der Waals surface area contributed by atoms with E-state index in [4.69, 9.17) is 9.26 Å². The van der Waals surface area contributed by atoms with Crippen LogP contribution in [-0.2, 0) is 11.3 Å². The fourth-order valence-corrected chi connectivity index (χ4v) is 2.80. The fraction of sp³-hybridized carbons (Fsp3) is 0.444. The van der Waals surface area contributed by atoms with Crippen molar-refractivity contribution in [3.8, 4) is 0 Å². The van der Waals surface area contributed by atoms with E-state index in [-0.39, 0.29) is 12.1 Å². The molecule has 134 valence electrons. The SMILES string of the molecule is Cc1cc(CNC(=O)N[C@H](C)c2ccc(N3CCOCC3)cc2)no1. The monoisotopic (exact) mass is 344 g/mol. The molecular weight excluding hydrogens is 320 g/mol. The summed E-state index contributed by atoms with van der Waals surface area (Å²) in [6.07, 6.45) is 0. The maximum Gasteiger partial charge on any atom is 0.315 e. The van der Waals surface area contributed by atoms with Crippen molar-refractivity contribution in [2.24, 2.45) is 0 Å². The van der Waals surface area contributed by atoms with Crippen LogP contribution in [0.3, 0.4) is 0 Å². The first-order valence-electron chi connectivity index (χ1n) is 8.51. The molecule has 0 bridgehead atoms. The largest absolute Gasteiger partial charge is 0.378 e. The van der Waals surface area contributed by atoms with Crippen LogP contribution in [0.1, 0.15) is 30.0 Å². The normalized spacial score (nSPS) is 15.7. The van der Waals surface area contributed by atoms with Crippen LogP contribution in [-0.4, -0.2) is 37.5 Å². The van der Waals surface area contributed by atoms with Gasteiger partial charge in [-0.3, -0.25) is 0 Å². The molecule has 7 heteroatoms. The minimum atomic E-state index is -0.231. The van der Waals surface area contributed by atoms with Crippen LogP contribution in [0.5, 0.6) is 0 Å². The van der Waals surface area contributed by atoms with E-state index in [1.54, 1.807) is 6.07 Å². The lowest BCUT2D eigenvalue weighted by Gasteiger charge is -2.29. The third-order valence-electron chi connectivity index (χ3n) is 4.22. The van der Waals surface area contributed by atoms with Crippen LogP contribution in [0.25, 0.3) is 0 Å². The van der Waals surface area contributed by atoms with E-state index in [1.807, 2.05) is 13.8 Å². The molecule has 1 aliphatic heterocycles. The molecule has 0 unspecified atom stereocenters. The van der Waals surface area contributed by atoms with E-state index < -0.39 is 0 Å². The Bertz CT molecular complexity index is 693. The Morgan fingerprint density at radius 2 is 2.00 bits per heavy atom. The zero-order valence-corrected chi connectivity index (χ0v) is 14.6. The van der Waals surface area contributed by atoms with Gasteiger partial charge in [0.05, 0.1) is 25.8 Å². The summed E-state index contributed by atoms with van der Waals surface area (Å²) in [5, 5.41) is 9.56. The van der Waals surface area contributed by atoms with Gasteiger partial charge in [0.1, 0.15) is 11.5 Å². The van der Waals surface area contributed by atoms with Crippen LogP contribution in [0.2, 0.25) is 0 Å². The van der Waals surface area contributed by atoms with Gasteiger partial charge in [-0.05, 0) is 31.5 Å². The third kappa shape index (κ3) is 4.73. The number of nitrogens with zero attached hydrogens (tertiary/aromatic N) is 2. The van der Waals surface area contributed by atoms with Gasteiger partial charge in [-0.2, -0.15) is 0 Å². The minimum Gasteiger partial charge on any atom is -0.378 e. The van der Waals surface area contributed by atoms with Gasteiger partial charge in [-0.15, -0.1) is 0 Å². The molecule has 0 saturated carbocycles. The molecule has 3 rings (SSSR count). The van der Waals surface area contributed by atoms with Crippen LogP contribution in [0, 0.1) is 6.92 Å². The van der Waals surface area contributed by atoms with Crippen molar-refractivity contribution in [1.82, 2.24) is 15.8 Å². The second-order valence-electron chi connectivity index (χ2n) is 6.17. The number of nitrogens with one attached hydrogen (secondary N) is 2. The molecule has 1 aromatic carbocycles. The number of hydrogen-bond donors (Lipinski definition) is 2. The first-order valence-corrected chi connectivity index (χ1v) is 8.51. The quantitative estimate of drug-likeness (QED) is 0.870. The molecule has 25 heavy (non-hydrogen) atoms. The molecule has 2 N–H and O–H groups in total. The van der Waals surface area contributed by atoms with Crippen molar-refractivity contribution in [2.45, 2.75) is 26.4 Å². The van der Waals surface area contributed by atoms with E-state index >= 15 is 0 Å².